The minimum Gasteiger partial charge on any atom is -0.438 e. The number of hydrogen-bond acceptors (Lipinski definition) is 5. The molecule has 0 spiro atoms. The average molecular weight is 532 g/mol. The Morgan fingerprint density at radius 3 is 1.67 bits per heavy atom. The van der Waals surface area contributed by atoms with Crippen molar-refractivity contribution in [2.75, 3.05) is 17.2 Å². The zero-order chi connectivity index (χ0) is 27.4. The van der Waals surface area contributed by atoms with Crippen LogP contribution in [-0.4, -0.2) is 0 Å². The van der Waals surface area contributed by atoms with Crippen LogP contribution >= 0.6 is 7.37 Å². The van der Waals surface area contributed by atoms with Crippen LogP contribution in [0.3, 0.4) is 0 Å². The summed E-state index contributed by atoms with van der Waals surface area (Å²) in [4.78, 5) is 0. The number of nitrogen functional groups attached to an aromatic ring is 3. The summed E-state index contributed by atoms with van der Waals surface area (Å²) in [5.41, 5.74) is 26.7. The molecule has 0 amide bonds. The quantitative estimate of drug-likeness (QED) is 0.132. The van der Waals surface area contributed by atoms with Gasteiger partial charge in [0.2, 0.25) is 0 Å². The van der Waals surface area contributed by atoms with Gasteiger partial charge in [0.05, 0.1) is 5.30 Å². The summed E-state index contributed by atoms with van der Waals surface area (Å²) in [7, 11) is -3.85. The first-order valence-electron chi connectivity index (χ1n) is 12.8. The van der Waals surface area contributed by atoms with E-state index in [0.29, 0.717) is 28.1 Å². The Balaban J connectivity index is 1.82. The van der Waals surface area contributed by atoms with E-state index in [4.69, 9.17) is 21.7 Å². The molecule has 0 aromatic heterocycles. The highest BCUT2D eigenvalue weighted by Crippen LogP contribution is 2.71. The highest BCUT2D eigenvalue weighted by molar-refractivity contribution is 7.69. The molecule has 1 atom stereocenters. The summed E-state index contributed by atoms with van der Waals surface area (Å²) in [6, 6.07) is 34.8. The summed E-state index contributed by atoms with van der Waals surface area (Å²) in [5.74, 6) is 0.582. The van der Waals surface area contributed by atoms with E-state index in [9.17, 15) is 0 Å². The molecule has 1 aliphatic heterocycles. The maximum Gasteiger partial charge on any atom is 0.296 e. The van der Waals surface area contributed by atoms with E-state index in [1.165, 1.54) is 0 Å². The number of hydrogen-bond donors (Lipinski definition) is 3. The molecule has 0 saturated heterocycles. The van der Waals surface area contributed by atoms with Crippen LogP contribution in [0.1, 0.15) is 27.8 Å². The summed E-state index contributed by atoms with van der Waals surface area (Å²) < 4.78 is 23.0. The number of nitrogens with two attached hydrogens (primary N) is 3. The average Bonchev–Trinajstić information content (AvgIpc) is 2.94. The lowest BCUT2D eigenvalue weighted by Crippen LogP contribution is -2.38. The van der Waals surface area contributed by atoms with Crippen molar-refractivity contribution in [1.82, 2.24) is 0 Å². The first-order chi connectivity index (χ1) is 18.8. The van der Waals surface area contributed by atoms with E-state index < -0.39 is 12.5 Å². The third kappa shape index (κ3) is 3.65. The van der Waals surface area contributed by atoms with Crippen molar-refractivity contribution in [2.45, 2.75) is 19.0 Å². The van der Waals surface area contributed by atoms with Gasteiger partial charge in [-0.3, -0.25) is 4.57 Å². The molecule has 0 saturated carbocycles. The summed E-state index contributed by atoms with van der Waals surface area (Å²) in [6.07, 6.45) is 0. The highest BCUT2D eigenvalue weighted by Gasteiger charge is 2.58. The minimum absolute atomic E-state index is 0.582. The van der Waals surface area contributed by atoms with E-state index >= 15 is 4.57 Å². The number of benzene rings is 5. The Bertz CT molecular complexity index is 1690. The van der Waals surface area contributed by atoms with Crippen molar-refractivity contribution in [3.05, 3.63) is 137 Å². The normalized spacial score (nSPS) is 16.2. The summed E-state index contributed by atoms with van der Waals surface area (Å²) in [6.45, 7) is 3.95. The molecule has 1 unspecified atom stereocenters. The molecule has 5 nitrogen and oxygen atoms in total. The lowest BCUT2D eigenvalue weighted by Gasteiger charge is -2.44. The predicted molar refractivity (Wildman–Crippen MR) is 162 cm³/mol. The molecule has 0 radical (unpaired) electrons. The van der Waals surface area contributed by atoms with Crippen LogP contribution in [0, 0.1) is 13.8 Å². The van der Waals surface area contributed by atoms with Crippen LogP contribution in [0.2, 0.25) is 0 Å². The molecule has 5 aromatic rings. The zero-order valence-electron chi connectivity index (χ0n) is 21.9. The van der Waals surface area contributed by atoms with Gasteiger partial charge in [-0.2, -0.15) is 0 Å². The topological polar surface area (TPSA) is 104 Å². The van der Waals surface area contributed by atoms with E-state index in [0.717, 1.165) is 38.9 Å². The van der Waals surface area contributed by atoms with Gasteiger partial charge in [0, 0.05) is 22.6 Å². The van der Waals surface area contributed by atoms with Crippen LogP contribution < -0.4 is 27.0 Å². The molecular weight excluding hydrogens is 501 g/mol. The molecule has 0 fully saturated rings. The largest absolute Gasteiger partial charge is 0.438 e. The van der Waals surface area contributed by atoms with Gasteiger partial charge in [-0.1, -0.05) is 72.8 Å². The maximum atomic E-state index is 16.2. The molecular formula is C33H30N3O2P. The van der Waals surface area contributed by atoms with Gasteiger partial charge >= 0.3 is 0 Å². The van der Waals surface area contributed by atoms with Gasteiger partial charge in [-0.15, -0.1) is 0 Å². The second-order valence-corrected chi connectivity index (χ2v) is 12.6. The predicted octanol–water partition coefficient (Wildman–Crippen LogP) is 7.00. The van der Waals surface area contributed by atoms with Crippen molar-refractivity contribution in [1.29, 1.82) is 0 Å². The molecule has 0 bridgehead atoms. The monoisotopic (exact) mass is 531 g/mol. The Kier molecular flexibility index (Phi) is 5.78. The Morgan fingerprint density at radius 1 is 0.615 bits per heavy atom. The van der Waals surface area contributed by atoms with Gasteiger partial charge < -0.3 is 21.7 Å². The van der Waals surface area contributed by atoms with Gasteiger partial charge in [0.15, 0.2) is 0 Å². The summed E-state index contributed by atoms with van der Waals surface area (Å²) in [5, 5.41) is -0.592. The Morgan fingerprint density at radius 2 is 1.10 bits per heavy atom. The van der Waals surface area contributed by atoms with Crippen LogP contribution in [-0.2, 0) is 9.72 Å². The number of fused-ring (bicyclic) bond motifs is 3. The van der Waals surface area contributed by atoms with Crippen LogP contribution in [0.25, 0.3) is 11.1 Å². The van der Waals surface area contributed by atoms with Crippen LogP contribution in [0.4, 0.5) is 17.1 Å². The Hall–Kier alpha value is -4.47. The number of aryl methyl sites for hydroxylation is 2. The van der Waals surface area contributed by atoms with Gasteiger partial charge in [0.1, 0.15) is 10.9 Å². The standard InChI is InChI=1S/C33H30N3O2P/c1-21-19-25(20-22(2)32(21)36)33(23-11-15-26(34)16-12-23,24-13-17-27(35)18-14-24)39(37)31-10-6-4-8-29(31)28-7-3-5-9-30(28)38-39/h3-20H,34-36H2,1-2H3. The fourth-order valence-corrected chi connectivity index (χ4v) is 9.08. The first-order valence-corrected chi connectivity index (χ1v) is 14.5. The van der Waals surface area contributed by atoms with E-state index in [2.05, 4.69) is 0 Å². The molecule has 6 N–H and O–H groups in total. The third-order valence-electron chi connectivity index (χ3n) is 7.74. The maximum absolute atomic E-state index is 16.2. The number of rotatable bonds is 4. The van der Waals surface area contributed by atoms with Crippen LogP contribution in [0.15, 0.2) is 109 Å². The second kappa shape index (κ2) is 9.07. The van der Waals surface area contributed by atoms with E-state index in [1.807, 2.05) is 123 Å². The summed E-state index contributed by atoms with van der Waals surface area (Å²) >= 11 is 0. The smallest absolute Gasteiger partial charge is 0.296 e. The van der Waals surface area contributed by atoms with E-state index in [-0.39, 0.29) is 0 Å². The zero-order valence-corrected chi connectivity index (χ0v) is 22.8. The fourth-order valence-electron chi connectivity index (χ4n) is 5.81. The first kappa shape index (κ1) is 24.8. The van der Waals surface area contributed by atoms with Crippen LogP contribution in [0.5, 0.6) is 5.75 Å². The molecule has 6 rings (SSSR count). The third-order valence-corrected chi connectivity index (χ3v) is 10.9. The van der Waals surface area contributed by atoms with Crippen molar-refractivity contribution in [3.63, 3.8) is 0 Å². The number of anilines is 3. The van der Waals surface area contributed by atoms with Crippen molar-refractivity contribution in [3.8, 4) is 16.9 Å². The van der Waals surface area contributed by atoms with Crippen molar-refractivity contribution < 1.29 is 9.09 Å². The van der Waals surface area contributed by atoms with Crippen molar-refractivity contribution in [2.24, 2.45) is 0 Å². The molecule has 1 heterocycles. The second-order valence-electron chi connectivity index (χ2n) is 10.1. The SMILES string of the molecule is Cc1cc(C(c2ccc(N)cc2)(c2ccc(N)cc2)P2(=O)Oc3ccccc3-c3ccccc32)cc(C)c1N. The minimum atomic E-state index is -3.85. The molecule has 0 aliphatic carbocycles. The molecule has 194 valence electrons. The van der Waals surface area contributed by atoms with Gasteiger partial charge in [0.25, 0.3) is 7.37 Å². The number of para-hydroxylation sites is 1. The van der Waals surface area contributed by atoms with Crippen molar-refractivity contribution >= 4 is 29.7 Å². The lowest BCUT2D eigenvalue weighted by molar-refractivity contribution is 0.469. The Labute approximate surface area is 228 Å². The molecule has 39 heavy (non-hydrogen) atoms. The van der Waals surface area contributed by atoms with Gasteiger partial charge in [-0.25, -0.2) is 0 Å². The molecule has 1 aliphatic rings. The van der Waals surface area contributed by atoms with E-state index in [1.54, 1.807) is 0 Å². The lowest BCUT2D eigenvalue weighted by atomic mass is 9.82. The highest BCUT2D eigenvalue weighted by atomic mass is 31.2. The molecule has 6 heteroatoms. The molecule has 5 aromatic carbocycles. The fraction of sp³-hybridized carbons (Fsp3) is 0.0909. The van der Waals surface area contributed by atoms with Gasteiger partial charge in [-0.05, 0) is 83.6 Å².